The zero-order valence-corrected chi connectivity index (χ0v) is 13.0. The first-order valence-electron chi connectivity index (χ1n) is 7.03. The summed E-state index contributed by atoms with van der Waals surface area (Å²) in [5.41, 5.74) is 0. The first-order chi connectivity index (χ1) is 10.7. The van der Waals surface area contributed by atoms with Crippen molar-refractivity contribution in [1.29, 1.82) is 0 Å². The highest BCUT2D eigenvalue weighted by molar-refractivity contribution is 6.32. The number of ether oxygens (including phenoxy) is 2. The lowest BCUT2D eigenvalue weighted by Crippen LogP contribution is -2.38. The summed E-state index contributed by atoms with van der Waals surface area (Å²) >= 11 is 5.97. The minimum atomic E-state index is -0.567. The van der Waals surface area contributed by atoms with Crippen molar-refractivity contribution in [2.24, 2.45) is 0 Å². The van der Waals surface area contributed by atoms with Gasteiger partial charge in [-0.15, -0.1) is 0 Å². The molecule has 0 unspecified atom stereocenters. The largest absolute Gasteiger partial charge is 0.490 e. The van der Waals surface area contributed by atoms with Crippen LogP contribution in [0.5, 0.6) is 11.5 Å². The Balaban J connectivity index is 1.70. The van der Waals surface area contributed by atoms with E-state index in [1.165, 1.54) is 0 Å². The molecule has 2 aromatic rings. The molecule has 22 heavy (non-hydrogen) atoms. The standard InChI is InChI=1S/C17H18ClNO3/c1-13(22-14-7-3-2-4-8-14)17(20)19-11-12-21-16-10-6-5-9-15(16)18/h2-10,13H,11-12H2,1H3,(H,19,20)/t13-/m0/s1. The second-order valence-corrected chi connectivity index (χ2v) is 5.05. The number of hydrogen-bond donors (Lipinski definition) is 1. The van der Waals surface area contributed by atoms with Gasteiger partial charge >= 0.3 is 0 Å². The predicted octanol–water partition coefficient (Wildman–Crippen LogP) is 3.30. The fourth-order valence-corrected chi connectivity index (χ4v) is 1.99. The highest BCUT2D eigenvalue weighted by atomic mass is 35.5. The van der Waals surface area contributed by atoms with Crippen LogP contribution in [0.25, 0.3) is 0 Å². The number of para-hydroxylation sites is 2. The van der Waals surface area contributed by atoms with Crippen molar-refractivity contribution in [2.45, 2.75) is 13.0 Å². The molecule has 1 N–H and O–H groups in total. The Morgan fingerprint density at radius 1 is 1.14 bits per heavy atom. The molecule has 0 aliphatic rings. The number of amides is 1. The molecule has 0 aromatic heterocycles. The van der Waals surface area contributed by atoms with Crippen molar-refractivity contribution in [3.8, 4) is 11.5 Å². The number of nitrogens with one attached hydrogen (secondary N) is 1. The molecule has 5 heteroatoms. The maximum Gasteiger partial charge on any atom is 0.260 e. The van der Waals surface area contributed by atoms with Gasteiger partial charge in [0, 0.05) is 0 Å². The summed E-state index contributed by atoms with van der Waals surface area (Å²) in [5.74, 6) is 1.08. The fraction of sp³-hybridized carbons (Fsp3) is 0.235. The van der Waals surface area contributed by atoms with E-state index in [0.717, 1.165) is 0 Å². The SMILES string of the molecule is C[C@H](Oc1ccccc1)C(=O)NCCOc1ccccc1Cl. The van der Waals surface area contributed by atoms with E-state index in [0.29, 0.717) is 29.7 Å². The Morgan fingerprint density at radius 3 is 2.55 bits per heavy atom. The molecule has 0 saturated heterocycles. The van der Waals surface area contributed by atoms with E-state index in [9.17, 15) is 4.79 Å². The molecule has 116 valence electrons. The lowest BCUT2D eigenvalue weighted by Gasteiger charge is -2.15. The normalized spacial score (nSPS) is 11.5. The number of halogens is 1. The molecule has 0 heterocycles. The monoisotopic (exact) mass is 319 g/mol. The van der Waals surface area contributed by atoms with E-state index in [1.807, 2.05) is 42.5 Å². The Labute approximate surface area is 135 Å². The Kier molecular flexibility index (Phi) is 6.10. The van der Waals surface area contributed by atoms with Gasteiger partial charge in [-0.3, -0.25) is 4.79 Å². The number of carbonyl (C=O) groups is 1. The van der Waals surface area contributed by atoms with Gasteiger partial charge in [0.05, 0.1) is 11.6 Å². The third-order valence-electron chi connectivity index (χ3n) is 2.92. The molecular weight excluding hydrogens is 302 g/mol. The first-order valence-corrected chi connectivity index (χ1v) is 7.41. The van der Waals surface area contributed by atoms with Crippen molar-refractivity contribution >= 4 is 17.5 Å². The van der Waals surface area contributed by atoms with Gasteiger partial charge in [0.15, 0.2) is 6.10 Å². The molecule has 4 nitrogen and oxygen atoms in total. The number of hydrogen-bond acceptors (Lipinski definition) is 3. The van der Waals surface area contributed by atoms with E-state index in [2.05, 4.69) is 5.32 Å². The maximum atomic E-state index is 11.9. The van der Waals surface area contributed by atoms with Crippen LogP contribution < -0.4 is 14.8 Å². The zero-order valence-electron chi connectivity index (χ0n) is 12.3. The minimum Gasteiger partial charge on any atom is -0.490 e. The number of rotatable bonds is 7. The smallest absolute Gasteiger partial charge is 0.260 e. The van der Waals surface area contributed by atoms with E-state index in [4.69, 9.17) is 21.1 Å². The second kappa shape index (κ2) is 8.29. The maximum absolute atomic E-state index is 11.9. The van der Waals surface area contributed by atoms with E-state index in [-0.39, 0.29) is 5.91 Å². The Morgan fingerprint density at radius 2 is 1.82 bits per heavy atom. The average Bonchev–Trinajstić information content (AvgIpc) is 2.53. The van der Waals surface area contributed by atoms with Crippen molar-refractivity contribution in [3.63, 3.8) is 0 Å². The lowest BCUT2D eigenvalue weighted by atomic mass is 10.3. The topological polar surface area (TPSA) is 47.6 Å². The summed E-state index contributed by atoms with van der Waals surface area (Å²) in [5, 5.41) is 3.31. The van der Waals surface area contributed by atoms with E-state index >= 15 is 0 Å². The highest BCUT2D eigenvalue weighted by Crippen LogP contribution is 2.22. The third-order valence-corrected chi connectivity index (χ3v) is 3.23. The molecule has 0 bridgehead atoms. The molecule has 0 radical (unpaired) electrons. The van der Waals surface area contributed by atoms with Crippen LogP contribution >= 0.6 is 11.6 Å². The summed E-state index contributed by atoms with van der Waals surface area (Å²) in [6.45, 7) is 2.43. The van der Waals surface area contributed by atoms with Gasteiger partial charge in [0.1, 0.15) is 18.1 Å². The molecule has 0 aliphatic carbocycles. The molecule has 1 amide bonds. The molecule has 0 aliphatic heterocycles. The van der Waals surface area contributed by atoms with Gasteiger partial charge in [-0.1, -0.05) is 41.9 Å². The summed E-state index contributed by atoms with van der Waals surface area (Å²) in [7, 11) is 0. The molecule has 2 rings (SSSR count). The summed E-state index contributed by atoms with van der Waals surface area (Å²) < 4.78 is 11.0. The molecular formula is C17H18ClNO3. The second-order valence-electron chi connectivity index (χ2n) is 4.64. The van der Waals surface area contributed by atoms with Crippen LogP contribution in [0.2, 0.25) is 5.02 Å². The number of carbonyl (C=O) groups excluding carboxylic acids is 1. The van der Waals surface area contributed by atoms with Gasteiger partial charge in [-0.25, -0.2) is 0 Å². The zero-order chi connectivity index (χ0) is 15.8. The van der Waals surface area contributed by atoms with Gasteiger partial charge < -0.3 is 14.8 Å². The van der Waals surface area contributed by atoms with Crippen LogP contribution in [-0.2, 0) is 4.79 Å². The van der Waals surface area contributed by atoms with Crippen LogP contribution in [0.1, 0.15) is 6.92 Å². The van der Waals surface area contributed by atoms with Gasteiger partial charge in [-0.05, 0) is 31.2 Å². The van der Waals surface area contributed by atoms with E-state index in [1.54, 1.807) is 19.1 Å². The lowest BCUT2D eigenvalue weighted by molar-refractivity contribution is -0.127. The summed E-state index contributed by atoms with van der Waals surface area (Å²) in [6, 6.07) is 16.4. The quantitative estimate of drug-likeness (QED) is 0.797. The van der Waals surface area contributed by atoms with Crippen LogP contribution in [0.4, 0.5) is 0 Å². The summed E-state index contributed by atoms with van der Waals surface area (Å²) in [6.07, 6.45) is -0.567. The van der Waals surface area contributed by atoms with E-state index < -0.39 is 6.10 Å². The Hall–Kier alpha value is -2.20. The third kappa shape index (κ3) is 4.97. The summed E-state index contributed by atoms with van der Waals surface area (Å²) in [4.78, 5) is 11.9. The minimum absolute atomic E-state index is 0.188. The number of benzene rings is 2. The van der Waals surface area contributed by atoms with Crippen molar-refractivity contribution < 1.29 is 14.3 Å². The average molecular weight is 320 g/mol. The van der Waals surface area contributed by atoms with Gasteiger partial charge in [-0.2, -0.15) is 0 Å². The first kappa shape index (κ1) is 16.2. The van der Waals surface area contributed by atoms with Crippen molar-refractivity contribution in [2.75, 3.05) is 13.2 Å². The highest BCUT2D eigenvalue weighted by Gasteiger charge is 2.13. The van der Waals surface area contributed by atoms with Crippen LogP contribution in [-0.4, -0.2) is 25.2 Å². The van der Waals surface area contributed by atoms with Crippen molar-refractivity contribution in [3.05, 3.63) is 59.6 Å². The van der Waals surface area contributed by atoms with Crippen LogP contribution in [0, 0.1) is 0 Å². The molecule has 0 fully saturated rings. The van der Waals surface area contributed by atoms with Crippen molar-refractivity contribution in [1.82, 2.24) is 5.32 Å². The molecule has 0 saturated carbocycles. The van der Waals surface area contributed by atoms with Crippen LogP contribution in [0.15, 0.2) is 54.6 Å². The molecule has 0 spiro atoms. The molecule has 2 aromatic carbocycles. The Bertz CT molecular complexity index is 604. The van der Waals surface area contributed by atoms with Crippen LogP contribution in [0.3, 0.4) is 0 Å². The molecule has 1 atom stereocenters. The van der Waals surface area contributed by atoms with Gasteiger partial charge in [0.2, 0.25) is 0 Å². The van der Waals surface area contributed by atoms with Gasteiger partial charge in [0.25, 0.3) is 5.91 Å². The fourth-order valence-electron chi connectivity index (χ4n) is 1.80. The predicted molar refractivity (Wildman–Crippen MR) is 86.5 cm³/mol.